The van der Waals surface area contributed by atoms with Crippen molar-refractivity contribution >= 4 is 40.3 Å². The van der Waals surface area contributed by atoms with E-state index in [1.54, 1.807) is 4.90 Å². The number of amidine groups is 2. The third-order valence-corrected chi connectivity index (χ3v) is 5.54. The lowest BCUT2D eigenvalue weighted by atomic mass is 10.1. The molecule has 6 nitrogen and oxygen atoms in total. The Morgan fingerprint density at radius 3 is 2.62 bits per heavy atom. The van der Waals surface area contributed by atoms with Crippen LogP contribution < -0.4 is 5.32 Å². The largest absolute Gasteiger partial charge is 0.353 e. The number of thioether (sulfide) groups is 1. The van der Waals surface area contributed by atoms with Crippen LogP contribution in [0.2, 0.25) is 0 Å². The van der Waals surface area contributed by atoms with E-state index in [4.69, 9.17) is 4.99 Å². The number of hydrogen-bond acceptors (Lipinski definition) is 5. The van der Waals surface area contributed by atoms with Crippen LogP contribution in [-0.2, 0) is 16.0 Å². The van der Waals surface area contributed by atoms with Crippen molar-refractivity contribution in [2.45, 2.75) is 32.4 Å². The molecule has 0 saturated carbocycles. The van der Waals surface area contributed by atoms with E-state index in [9.17, 15) is 9.59 Å². The summed E-state index contributed by atoms with van der Waals surface area (Å²) in [6.07, 6.45) is 0.535. The molecule has 0 saturated heterocycles. The molecule has 0 spiro atoms. The molecule has 2 aliphatic heterocycles. The molecule has 29 heavy (non-hydrogen) atoms. The summed E-state index contributed by atoms with van der Waals surface area (Å²) in [4.78, 5) is 36.3. The number of nitrogens with one attached hydrogen (secondary N) is 1. The normalized spacial score (nSPS) is 17.6. The monoisotopic (exact) mass is 406 g/mol. The van der Waals surface area contributed by atoms with Gasteiger partial charge in [0, 0.05) is 18.0 Å². The first-order chi connectivity index (χ1) is 14.0. The van der Waals surface area contributed by atoms with Gasteiger partial charge in [-0.2, -0.15) is 0 Å². The third kappa shape index (κ3) is 4.10. The van der Waals surface area contributed by atoms with Crippen LogP contribution in [0, 0.1) is 0 Å². The highest BCUT2D eigenvalue weighted by molar-refractivity contribution is 8.14. The van der Waals surface area contributed by atoms with Crippen LogP contribution in [0.25, 0.3) is 0 Å². The summed E-state index contributed by atoms with van der Waals surface area (Å²) in [5.41, 5.74) is 2.67. The number of para-hydroxylation sites is 1. The van der Waals surface area contributed by atoms with Crippen molar-refractivity contribution in [3.8, 4) is 0 Å². The molecule has 2 amide bonds. The number of fused-ring (bicyclic) bond motifs is 3. The van der Waals surface area contributed by atoms with E-state index in [1.165, 1.54) is 11.8 Å². The summed E-state index contributed by atoms with van der Waals surface area (Å²) >= 11 is 1.26. The number of benzene rings is 2. The zero-order chi connectivity index (χ0) is 20.4. The molecule has 0 aromatic heterocycles. The second-order valence-electron chi connectivity index (χ2n) is 7.25. The molecule has 7 heteroatoms. The molecule has 0 aliphatic carbocycles. The van der Waals surface area contributed by atoms with Gasteiger partial charge in [0.25, 0.3) is 5.91 Å². The second kappa shape index (κ2) is 8.21. The minimum Gasteiger partial charge on any atom is -0.353 e. The van der Waals surface area contributed by atoms with Gasteiger partial charge in [0.2, 0.25) is 5.91 Å². The Balaban J connectivity index is 1.61. The summed E-state index contributed by atoms with van der Waals surface area (Å²) in [7, 11) is 0. The Hall–Kier alpha value is -2.93. The maximum absolute atomic E-state index is 13.2. The standard InChI is InChI=1S/C22H22N4O2S/c1-14(2)23-19(27)13-29-22-25-17-11-7-6-10-16(17)20-24-18(21(28)26(20)22)12-15-8-4-3-5-9-15/h3-11,14,18H,12-13H2,1-2H3,(H,23,27). The van der Waals surface area contributed by atoms with Gasteiger partial charge in [-0.25, -0.2) is 9.89 Å². The Morgan fingerprint density at radius 1 is 1.14 bits per heavy atom. The minimum atomic E-state index is -0.492. The zero-order valence-electron chi connectivity index (χ0n) is 16.3. The lowest BCUT2D eigenvalue weighted by Crippen LogP contribution is -2.42. The van der Waals surface area contributed by atoms with E-state index in [0.29, 0.717) is 17.4 Å². The predicted molar refractivity (Wildman–Crippen MR) is 117 cm³/mol. The van der Waals surface area contributed by atoms with E-state index < -0.39 is 6.04 Å². The summed E-state index contributed by atoms with van der Waals surface area (Å²) in [6, 6.07) is 17.1. The molecule has 1 unspecified atom stereocenters. The predicted octanol–water partition coefficient (Wildman–Crippen LogP) is 3.15. The van der Waals surface area contributed by atoms with Crippen LogP contribution in [0.5, 0.6) is 0 Å². The first kappa shape index (κ1) is 19.4. The van der Waals surface area contributed by atoms with Gasteiger partial charge in [-0.15, -0.1) is 0 Å². The summed E-state index contributed by atoms with van der Waals surface area (Å²) in [5, 5.41) is 3.37. The maximum atomic E-state index is 13.2. The molecule has 0 bridgehead atoms. The molecular formula is C22H22N4O2S. The minimum absolute atomic E-state index is 0.0675. The fraction of sp³-hybridized carbons (Fsp3) is 0.273. The lowest BCUT2D eigenvalue weighted by molar-refractivity contribution is -0.124. The van der Waals surface area contributed by atoms with Gasteiger partial charge in [0.1, 0.15) is 11.9 Å². The van der Waals surface area contributed by atoms with E-state index in [-0.39, 0.29) is 23.6 Å². The van der Waals surface area contributed by atoms with Crippen molar-refractivity contribution < 1.29 is 9.59 Å². The van der Waals surface area contributed by atoms with Crippen molar-refractivity contribution in [2.24, 2.45) is 9.98 Å². The molecule has 148 valence electrons. The Labute approximate surface area is 174 Å². The lowest BCUT2D eigenvalue weighted by Gasteiger charge is -2.25. The highest BCUT2D eigenvalue weighted by Crippen LogP contribution is 2.34. The molecule has 1 atom stereocenters. The van der Waals surface area contributed by atoms with E-state index in [2.05, 4.69) is 10.3 Å². The van der Waals surface area contributed by atoms with Gasteiger partial charge in [-0.3, -0.25) is 14.6 Å². The summed E-state index contributed by atoms with van der Waals surface area (Å²) in [6.45, 7) is 3.83. The average molecular weight is 407 g/mol. The Bertz CT molecular complexity index is 1000. The van der Waals surface area contributed by atoms with Crippen molar-refractivity contribution in [2.75, 3.05) is 5.75 Å². The third-order valence-electron chi connectivity index (χ3n) is 4.60. The van der Waals surface area contributed by atoms with Crippen molar-refractivity contribution in [1.29, 1.82) is 0 Å². The van der Waals surface area contributed by atoms with Crippen LogP contribution in [-0.4, -0.2) is 45.6 Å². The van der Waals surface area contributed by atoms with Crippen LogP contribution in [0.15, 0.2) is 64.6 Å². The number of hydrogen-bond donors (Lipinski definition) is 1. The van der Waals surface area contributed by atoms with E-state index in [0.717, 1.165) is 16.8 Å². The van der Waals surface area contributed by atoms with Crippen LogP contribution in [0.1, 0.15) is 25.0 Å². The quantitative estimate of drug-likeness (QED) is 0.829. The number of carbonyl (C=O) groups excluding carboxylic acids is 2. The fourth-order valence-electron chi connectivity index (χ4n) is 3.36. The van der Waals surface area contributed by atoms with Crippen LogP contribution in [0.3, 0.4) is 0 Å². The molecule has 2 aromatic rings. The molecule has 2 aliphatic rings. The Kier molecular flexibility index (Phi) is 5.49. The van der Waals surface area contributed by atoms with Crippen molar-refractivity contribution in [1.82, 2.24) is 10.2 Å². The molecule has 2 heterocycles. The topological polar surface area (TPSA) is 74.1 Å². The van der Waals surface area contributed by atoms with Gasteiger partial charge in [-0.1, -0.05) is 54.2 Å². The van der Waals surface area contributed by atoms with Gasteiger partial charge in [-0.05, 0) is 31.5 Å². The number of carbonyl (C=O) groups is 2. The number of rotatable bonds is 5. The summed E-state index contributed by atoms with van der Waals surface area (Å²) < 4.78 is 0. The molecular weight excluding hydrogens is 384 g/mol. The highest BCUT2D eigenvalue weighted by atomic mass is 32.2. The number of nitrogens with zero attached hydrogens (tertiary/aromatic N) is 3. The van der Waals surface area contributed by atoms with Gasteiger partial charge in [0.05, 0.1) is 11.4 Å². The molecule has 1 N–H and O–H groups in total. The molecule has 2 aromatic carbocycles. The first-order valence-corrected chi connectivity index (χ1v) is 10.6. The number of aliphatic imine (C=N–C) groups is 2. The summed E-state index contributed by atoms with van der Waals surface area (Å²) in [5.74, 6) is 0.624. The smallest absolute Gasteiger partial charge is 0.259 e. The van der Waals surface area contributed by atoms with E-state index in [1.807, 2.05) is 68.4 Å². The van der Waals surface area contributed by atoms with Crippen LogP contribution in [0.4, 0.5) is 5.69 Å². The number of amides is 2. The average Bonchev–Trinajstić information content (AvgIpc) is 3.03. The second-order valence-corrected chi connectivity index (χ2v) is 8.20. The van der Waals surface area contributed by atoms with E-state index >= 15 is 0 Å². The fourth-order valence-corrected chi connectivity index (χ4v) is 4.17. The zero-order valence-corrected chi connectivity index (χ0v) is 17.1. The Morgan fingerprint density at radius 2 is 1.86 bits per heavy atom. The SMILES string of the molecule is CC(C)NC(=O)CSC1=Nc2ccccc2C2=NC(Cc3ccccc3)C(=O)N12. The molecule has 4 rings (SSSR count). The molecule has 0 fully saturated rings. The maximum Gasteiger partial charge on any atom is 0.259 e. The van der Waals surface area contributed by atoms with Gasteiger partial charge >= 0.3 is 0 Å². The van der Waals surface area contributed by atoms with Crippen LogP contribution >= 0.6 is 11.8 Å². The molecule has 0 radical (unpaired) electrons. The van der Waals surface area contributed by atoms with Gasteiger partial charge in [0.15, 0.2) is 5.17 Å². The first-order valence-electron chi connectivity index (χ1n) is 9.59. The highest BCUT2D eigenvalue weighted by Gasteiger charge is 2.41. The van der Waals surface area contributed by atoms with Crippen molar-refractivity contribution in [3.63, 3.8) is 0 Å². The van der Waals surface area contributed by atoms with Crippen molar-refractivity contribution in [3.05, 3.63) is 65.7 Å². The van der Waals surface area contributed by atoms with Gasteiger partial charge < -0.3 is 5.32 Å².